The average Bonchev–Trinajstić information content (AvgIpc) is 1.84. The molecular formula is C6H6Cl2N2O. The van der Waals surface area contributed by atoms with Gasteiger partial charge in [-0.3, -0.25) is 10.5 Å². The number of nitrogens with two attached hydrogens (primary N) is 1. The maximum Gasteiger partial charge on any atom is 0.165 e. The Balaban J connectivity index is 2.95. The van der Waals surface area contributed by atoms with Crippen LogP contribution in [0.2, 0.25) is 0 Å². The van der Waals surface area contributed by atoms with Crippen LogP contribution in [0.3, 0.4) is 0 Å². The Hall–Kier alpha value is -0.510. The van der Waals surface area contributed by atoms with Gasteiger partial charge in [0.1, 0.15) is 5.16 Å². The Kier molecular flexibility index (Phi) is 2.23. The van der Waals surface area contributed by atoms with Crippen molar-refractivity contribution in [1.29, 1.82) is 0 Å². The van der Waals surface area contributed by atoms with Crippen molar-refractivity contribution in [2.45, 2.75) is 5.66 Å². The third-order valence-electron chi connectivity index (χ3n) is 1.17. The second kappa shape index (κ2) is 2.85. The van der Waals surface area contributed by atoms with Gasteiger partial charge in [-0.15, -0.1) is 0 Å². The molecule has 1 aliphatic rings. The second-order valence-electron chi connectivity index (χ2n) is 2.20. The number of halogens is 2. The van der Waals surface area contributed by atoms with Crippen LogP contribution in [0.4, 0.5) is 0 Å². The summed E-state index contributed by atoms with van der Waals surface area (Å²) >= 11 is 11.2. The molecule has 0 aliphatic carbocycles. The fourth-order valence-electron chi connectivity index (χ4n) is 0.733. The fraction of sp³-hybridized carbons (Fsp3) is 0.167. The van der Waals surface area contributed by atoms with Crippen LogP contribution in [0.15, 0.2) is 22.3 Å². The number of nitrogens with one attached hydrogen (secondary N) is 1. The van der Waals surface area contributed by atoms with Crippen molar-refractivity contribution >= 4 is 29.5 Å². The number of aldehydes is 1. The van der Waals surface area contributed by atoms with E-state index in [1.807, 2.05) is 0 Å². The molecule has 0 aromatic carbocycles. The molecule has 1 aliphatic heterocycles. The summed E-state index contributed by atoms with van der Waals surface area (Å²) in [5, 5.41) is 3.16. The molecule has 0 fully saturated rings. The zero-order valence-corrected chi connectivity index (χ0v) is 6.99. The van der Waals surface area contributed by atoms with Crippen LogP contribution >= 0.6 is 23.2 Å². The van der Waals surface area contributed by atoms with Gasteiger partial charge in [-0.25, -0.2) is 0 Å². The maximum atomic E-state index is 10.4. The lowest BCUT2D eigenvalue weighted by molar-refractivity contribution is -0.111. The summed E-state index contributed by atoms with van der Waals surface area (Å²) in [4.78, 5) is 10.4. The van der Waals surface area contributed by atoms with Crippen molar-refractivity contribution in [3.8, 4) is 0 Å². The molecule has 0 radical (unpaired) electrons. The van der Waals surface area contributed by atoms with E-state index in [1.165, 1.54) is 12.2 Å². The van der Waals surface area contributed by atoms with Gasteiger partial charge in [0.15, 0.2) is 11.9 Å². The van der Waals surface area contributed by atoms with Crippen LogP contribution in [-0.4, -0.2) is 11.9 Å². The van der Waals surface area contributed by atoms with Crippen molar-refractivity contribution < 1.29 is 4.79 Å². The highest BCUT2D eigenvalue weighted by Gasteiger charge is 2.24. The minimum absolute atomic E-state index is 0.257. The van der Waals surface area contributed by atoms with Crippen LogP contribution in [0.5, 0.6) is 0 Å². The lowest BCUT2D eigenvalue weighted by Gasteiger charge is -2.24. The lowest BCUT2D eigenvalue weighted by atomic mass is 10.1. The Labute approximate surface area is 73.8 Å². The molecule has 0 saturated heterocycles. The third kappa shape index (κ3) is 1.96. The zero-order valence-electron chi connectivity index (χ0n) is 5.47. The van der Waals surface area contributed by atoms with Crippen molar-refractivity contribution in [3.05, 3.63) is 22.3 Å². The largest absolute Gasteiger partial charge is 0.349 e. The molecule has 1 heterocycles. The summed E-state index contributed by atoms with van der Waals surface area (Å²) in [5.41, 5.74) is 4.21. The maximum absolute atomic E-state index is 10.4. The molecule has 1 unspecified atom stereocenters. The van der Waals surface area contributed by atoms with E-state index in [1.54, 1.807) is 0 Å². The van der Waals surface area contributed by atoms with E-state index in [-0.39, 0.29) is 5.16 Å². The summed E-state index contributed by atoms with van der Waals surface area (Å²) in [7, 11) is 0. The number of hydrogen-bond acceptors (Lipinski definition) is 3. The molecule has 11 heavy (non-hydrogen) atoms. The molecule has 0 aromatic heterocycles. The first-order chi connectivity index (χ1) is 5.06. The van der Waals surface area contributed by atoms with Crippen molar-refractivity contribution in [2.75, 3.05) is 0 Å². The fourth-order valence-corrected chi connectivity index (χ4v) is 1.36. The summed E-state index contributed by atoms with van der Waals surface area (Å²) < 4.78 is 0. The molecule has 0 bridgehead atoms. The number of hydrogen-bond donors (Lipinski definition) is 2. The summed E-state index contributed by atoms with van der Waals surface area (Å²) in [5.74, 6) is 0. The Bertz CT molecular complexity index is 249. The predicted molar refractivity (Wildman–Crippen MR) is 44.0 cm³/mol. The molecule has 1 atom stereocenters. The highest BCUT2D eigenvalue weighted by molar-refractivity contribution is 6.35. The molecule has 3 nitrogen and oxygen atoms in total. The van der Waals surface area contributed by atoms with Gasteiger partial charge in [0.05, 0.1) is 0 Å². The molecule has 0 saturated carbocycles. The van der Waals surface area contributed by atoms with Crippen molar-refractivity contribution in [2.24, 2.45) is 5.73 Å². The molecule has 0 spiro atoms. The number of dihydropyridines is 1. The zero-order chi connectivity index (χ0) is 8.48. The van der Waals surface area contributed by atoms with Gasteiger partial charge in [0, 0.05) is 5.03 Å². The summed E-state index contributed by atoms with van der Waals surface area (Å²) in [6.07, 6.45) is 3.38. The third-order valence-corrected chi connectivity index (χ3v) is 1.59. The molecule has 3 N–H and O–H groups in total. The topological polar surface area (TPSA) is 55.1 Å². The molecular weight excluding hydrogens is 187 g/mol. The van der Waals surface area contributed by atoms with E-state index in [0.29, 0.717) is 11.3 Å². The highest BCUT2D eigenvalue weighted by Crippen LogP contribution is 2.18. The van der Waals surface area contributed by atoms with Gasteiger partial charge in [0.2, 0.25) is 0 Å². The van der Waals surface area contributed by atoms with Gasteiger partial charge in [-0.05, 0) is 12.2 Å². The average molecular weight is 193 g/mol. The van der Waals surface area contributed by atoms with E-state index in [4.69, 9.17) is 28.9 Å². The minimum atomic E-state index is -1.26. The predicted octanol–water partition coefficient (Wildman–Crippen LogP) is 0.646. The molecule has 0 aromatic rings. The SMILES string of the molecule is NC1(C=O)C=C(Cl)C=C(Cl)N1. The molecule has 1 rings (SSSR count). The van der Waals surface area contributed by atoms with E-state index >= 15 is 0 Å². The monoisotopic (exact) mass is 192 g/mol. The number of carbonyl (C=O) groups is 1. The Morgan fingerprint density at radius 2 is 2.27 bits per heavy atom. The number of carbonyl (C=O) groups excluding carboxylic acids is 1. The second-order valence-corrected chi connectivity index (χ2v) is 3.04. The first kappa shape index (κ1) is 8.59. The Morgan fingerprint density at radius 1 is 1.64 bits per heavy atom. The van der Waals surface area contributed by atoms with Gasteiger partial charge in [-0.2, -0.15) is 0 Å². The smallest absolute Gasteiger partial charge is 0.165 e. The van der Waals surface area contributed by atoms with E-state index in [2.05, 4.69) is 5.32 Å². The van der Waals surface area contributed by atoms with Gasteiger partial charge < -0.3 is 5.32 Å². The van der Waals surface area contributed by atoms with Crippen molar-refractivity contribution in [3.63, 3.8) is 0 Å². The first-order valence-corrected chi connectivity index (χ1v) is 3.60. The van der Waals surface area contributed by atoms with Crippen molar-refractivity contribution in [1.82, 2.24) is 5.32 Å². The normalized spacial score (nSPS) is 30.1. The Morgan fingerprint density at radius 3 is 2.73 bits per heavy atom. The number of allylic oxidation sites excluding steroid dienone is 2. The molecule has 0 amide bonds. The van der Waals surface area contributed by atoms with Crippen LogP contribution < -0.4 is 11.1 Å². The number of rotatable bonds is 1. The molecule has 5 heteroatoms. The van der Waals surface area contributed by atoms with Crippen LogP contribution in [0, 0.1) is 0 Å². The van der Waals surface area contributed by atoms with Gasteiger partial charge in [-0.1, -0.05) is 23.2 Å². The quantitative estimate of drug-likeness (QED) is 0.474. The van der Waals surface area contributed by atoms with E-state index in [0.717, 1.165) is 0 Å². The summed E-state index contributed by atoms with van der Waals surface area (Å²) in [6.45, 7) is 0. The first-order valence-electron chi connectivity index (χ1n) is 2.85. The molecule has 60 valence electrons. The van der Waals surface area contributed by atoms with E-state index < -0.39 is 5.66 Å². The van der Waals surface area contributed by atoms with Crippen LogP contribution in [-0.2, 0) is 4.79 Å². The lowest BCUT2D eigenvalue weighted by Crippen LogP contribution is -2.53. The van der Waals surface area contributed by atoms with Gasteiger partial charge in [0.25, 0.3) is 0 Å². The van der Waals surface area contributed by atoms with E-state index in [9.17, 15) is 4.79 Å². The van der Waals surface area contributed by atoms with Crippen LogP contribution in [0.1, 0.15) is 0 Å². The highest BCUT2D eigenvalue weighted by atomic mass is 35.5. The van der Waals surface area contributed by atoms with Crippen LogP contribution in [0.25, 0.3) is 0 Å². The van der Waals surface area contributed by atoms with Gasteiger partial charge >= 0.3 is 0 Å². The minimum Gasteiger partial charge on any atom is -0.349 e. The summed E-state index contributed by atoms with van der Waals surface area (Å²) in [6, 6.07) is 0. The standard InChI is InChI=1S/C6H6Cl2N2O/c7-4-1-5(8)10-6(9,2-4)3-11/h1-3,10H,9H2.